The third-order valence-electron chi connectivity index (χ3n) is 5.22. The van der Waals surface area contributed by atoms with E-state index < -0.39 is 0 Å². The topological polar surface area (TPSA) is 46.9 Å². The Morgan fingerprint density at radius 1 is 0.800 bits per heavy atom. The summed E-state index contributed by atoms with van der Waals surface area (Å²) in [7, 11) is 0. The Kier molecular flexibility index (Phi) is 5.46. The van der Waals surface area contributed by atoms with E-state index in [4.69, 9.17) is 0 Å². The first-order valence-corrected chi connectivity index (χ1v) is 8.15. The first-order chi connectivity index (χ1) is 9.49. The minimum Gasteiger partial charge on any atom is -0.396 e. The molecule has 2 aliphatic rings. The Labute approximate surface area is 123 Å². The molecule has 4 heteroatoms. The Hall–Kier alpha value is -0.160. The average Bonchev–Trinajstić information content (AvgIpc) is 2.46. The van der Waals surface area contributed by atoms with E-state index in [1.165, 1.54) is 25.9 Å². The van der Waals surface area contributed by atoms with Gasteiger partial charge in [-0.15, -0.1) is 0 Å². The van der Waals surface area contributed by atoms with Crippen molar-refractivity contribution >= 4 is 0 Å². The second-order valence-electron chi connectivity index (χ2n) is 7.70. The minimum absolute atomic E-state index is 0.0970. The molecule has 2 fully saturated rings. The van der Waals surface area contributed by atoms with E-state index >= 15 is 0 Å². The number of hydrogen-bond donors (Lipinski definition) is 2. The molecule has 2 atom stereocenters. The summed E-state index contributed by atoms with van der Waals surface area (Å²) in [6.45, 7) is 11.6. The molecule has 0 saturated carbocycles. The number of aliphatic hydroxyl groups excluding tert-OH is 2. The van der Waals surface area contributed by atoms with Crippen LogP contribution in [-0.4, -0.2) is 72.5 Å². The first kappa shape index (κ1) is 16.2. The summed E-state index contributed by atoms with van der Waals surface area (Å²) in [6, 6.07) is 0. The molecule has 0 aromatic rings. The standard InChI is InChI=1S/C16H32N2O2/c1-15(13-19)5-3-7-17(11-15)9-10-18-8-4-6-16(2,12-18)14-20/h19-20H,3-14H2,1-2H3. The lowest BCUT2D eigenvalue weighted by Crippen LogP contribution is -2.49. The van der Waals surface area contributed by atoms with Gasteiger partial charge in [-0.05, 0) is 38.8 Å². The van der Waals surface area contributed by atoms with E-state index in [0.717, 1.165) is 39.0 Å². The van der Waals surface area contributed by atoms with Gasteiger partial charge in [-0.2, -0.15) is 0 Å². The van der Waals surface area contributed by atoms with E-state index in [1.807, 2.05) is 0 Å². The molecule has 0 aromatic carbocycles. The number of likely N-dealkylation sites (tertiary alicyclic amines) is 2. The highest BCUT2D eigenvalue weighted by molar-refractivity contribution is 4.86. The van der Waals surface area contributed by atoms with Crippen LogP contribution in [0.2, 0.25) is 0 Å². The molecule has 2 unspecified atom stereocenters. The number of piperidine rings is 2. The van der Waals surface area contributed by atoms with Crippen molar-refractivity contribution in [3.05, 3.63) is 0 Å². The molecule has 2 N–H and O–H groups in total. The fourth-order valence-corrected chi connectivity index (χ4v) is 3.78. The Bertz CT molecular complexity index is 283. The molecule has 2 saturated heterocycles. The minimum atomic E-state index is 0.0970. The number of nitrogens with zero attached hydrogens (tertiary/aromatic N) is 2. The van der Waals surface area contributed by atoms with Crippen molar-refractivity contribution in [3.63, 3.8) is 0 Å². The van der Waals surface area contributed by atoms with E-state index in [1.54, 1.807) is 0 Å². The molecule has 0 aromatic heterocycles. The third kappa shape index (κ3) is 4.17. The van der Waals surface area contributed by atoms with Crippen LogP contribution < -0.4 is 0 Å². The average molecular weight is 284 g/mol. The molecule has 0 spiro atoms. The SMILES string of the molecule is CC1(CO)CCCN(CCN2CCCC(C)(CO)C2)C1. The Balaban J connectivity index is 1.77. The molecule has 20 heavy (non-hydrogen) atoms. The van der Waals surface area contributed by atoms with Crippen molar-refractivity contribution in [2.45, 2.75) is 39.5 Å². The second-order valence-corrected chi connectivity index (χ2v) is 7.70. The zero-order chi connectivity index (χ0) is 14.6. The van der Waals surface area contributed by atoms with Crippen molar-refractivity contribution in [1.29, 1.82) is 0 Å². The highest BCUT2D eigenvalue weighted by atomic mass is 16.3. The van der Waals surface area contributed by atoms with Gasteiger partial charge >= 0.3 is 0 Å². The third-order valence-corrected chi connectivity index (χ3v) is 5.22. The molecule has 118 valence electrons. The molecular formula is C16H32N2O2. The van der Waals surface area contributed by atoms with Crippen molar-refractivity contribution < 1.29 is 10.2 Å². The fraction of sp³-hybridized carbons (Fsp3) is 1.00. The predicted octanol–water partition coefficient (Wildman–Crippen LogP) is 1.18. The van der Waals surface area contributed by atoms with Crippen LogP contribution in [0.4, 0.5) is 0 Å². The first-order valence-electron chi connectivity index (χ1n) is 8.15. The van der Waals surface area contributed by atoms with Crippen LogP contribution in [0.25, 0.3) is 0 Å². The van der Waals surface area contributed by atoms with Crippen LogP contribution in [-0.2, 0) is 0 Å². The highest BCUT2D eigenvalue weighted by Gasteiger charge is 2.32. The zero-order valence-corrected chi connectivity index (χ0v) is 13.3. The summed E-state index contributed by atoms with van der Waals surface area (Å²) < 4.78 is 0. The monoisotopic (exact) mass is 284 g/mol. The van der Waals surface area contributed by atoms with Gasteiger partial charge in [0.15, 0.2) is 0 Å². The number of rotatable bonds is 5. The van der Waals surface area contributed by atoms with Gasteiger partial charge in [-0.3, -0.25) is 0 Å². The summed E-state index contributed by atoms with van der Waals surface area (Å²) in [5, 5.41) is 19.0. The van der Waals surface area contributed by atoms with E-state index in [0.29, 0.717) is 13.2 Å². The van der Waals surface area contributed by atoms with Gasteiger partial charge in [0.05, 0.1) is 0 Å². The van der Waals surface area contributed by atoms with Crippen LogP contribution in [0.1, 0.15) is 39.5 Å². The highest BCUT2D eigenvalue weighted by Crippen LogP contribution is 2.30. The summed E-state index contributed by atoms with van der Waals surface area (Å²) in [6.07, 6.45) is 4.69. The van der Waals surface area contributed by atoms with Gasteiger partial charge in [0, 0.05) is 50.2 Å². The zero-order valence-electron chi connectivity index (χ0n) is 13.3. The number of hydrogen-bond acceptors (Lipinski definition) is 4. The maximum Gasteiger partial charge on any atom is 0.0497 e. The van der Waals surface area contributed by atoms with Crippen LogP contribution in [0.15, 0.2) is 0 Å². The number of aliphatic hydroxyl groups is 2. The van der Waals surface area contributed by atoms with Gasteiger partial charge in [0.25, 0.3) is 0 Å². The van der Waals surface area contributed by atoms with Crippen molar-refractivity contribution in [2.24, 2.45) is 10.8 Å². The maximum absolute atomic E-state index is 9.52. The quantitative estimate of drug-likeness (QED) is 0.796. The lowest BCUT2D eigenvalue weighted by Gasteiger charge is -2.42. The molecule has 0 amide bonds. The molecule has 2 rings (SSSR count). The van der Waals surface area contributed by atoms with Gasteiger partial charge in [0.1, 0.15) is 0 Å². The molecule has 0 radical (unpaired) electrons. The molecule has 4 nitrogen and oxygen atoms in total. The normalized spacial score (nSPS) is 37.2. The van der Waals surface area contributed by atoms with Gasteiger partial charge in [-0.25, -0.2) is 0 Å². The molecular weight excluding hydrogens is 252 g/mol. The van der Waals surface area contributed by atoms with Crippen LogP contribution in [0.5, 0.6) is 0 Å². The van der Waals surface area contributed by atoms with Crippen LogP contribution >= 0.6 is 0 Å². The van der Waals surface area contributed by atoms with Crippen LogP contribution in [0, 0.1) is 10.8 Å². The van der Waals surface area contributed by atoms with E-state index in [-0.39, 0.29) is 10.8 Å². The Morgan fingerprint density at radius 3 is 1.55 bits per heavy atom. The molecule has 0 bridgehead atoms. The van der Waals surface area contributed by atoms with Crippen molar-refractivity contribution in [2.75, 3.05) is 52.5 Å². The van der Waals surface area contributed by atoms with E-state index in [2.05, 4.69) is 23.6 Å². The maximum atomic E-state index is 9.52. The van der Waals surface area contributed by atoms with Crippen molar-refractivity contribution in [1.82, 2.24) is 9.80 Å². The van der Waals surface area contributed by atoms with Gasteiger partial charge in [0.2, 0.25) is 0 Å². The summed E-state index contributed by atoms with van der Waals surface area (Å²) in [5.74, 6) is 0. The Morgan fingerprint density at radius 2 is 1.20 bits per heavy atom. The second kappa shape index (κ2) is 6.73. The smallest absolute Gasteiger partial charge is 0.0497 e. The molecule has 0 aliphatic carbocycles. The predicted molar refractivity (Wildman–Crippen MR) is 81.7 cm³/mol. The van der Waals surface area contributed by atoms with E-state index in [9.17, 15) is 10.2 Å². The van der Waals surface area contributed by atoms with Crippen LogP contribution in [0.3, 0.4) is 0 Å². The molecule has 2 aliphatic heterocycles. The fourth-order valence-electron chi connectivity index (χ4n) is 3.78. The molecule has 2 heterocycles. The summed E-state index contributed by atoms with van der Waals surface area (Å²) in [4.78, 5) is 5.01. The van der Waals surface area contributed by atoms with Gasteiger partial charge < -0.3 is 20.0 Å². The van der Waals surface area contributed by atoms with Gasteiger partial charge in [-0.1, -0.05) is 13.8 Å². The lowest BCUT2D eigenvalue weighted by atomic mass is 9.82. The summed E-state index contributed by atoms with van der Waals surface area (Å²) >= 11 is 0. The lowest BCUT2D eigenvalue weighted by molar-refractivity contribution is 0.0217. The van der Waals surface area contributed by atoms with Crippen molar-refractivity contribution in [3.8, 4) is 0 Å². The summed E-state index contributed by atoms with van der Waals surface area (Å²) in [5.41, 5.74) is 0.194. The largest absolute Gasteiger partial charge is 0.396 e.